The van der Waals surface area contributed by atoms with Gasteiger partial charge in [-0.25, -0.2) is 4.39 Å². The van der Waals surface area contributed by atoms with Crippen molar-refractivity contribution in [3.8, 4) is 12.3 Å². The number of rotatable bonds is 2. The van der Waals surface area contributed by atoms with Gasteiger partial charge in [0, 0.05) is 0 Å². The molecule has 0 aliphatic heterocycles. The van der Waals surface area contributed by atoms with Crippen molar-refractivity contribution in [2.45, 2.75) is 6.54 Å². The topological polar surface area (TPSA) is 34.4 Å². The van der Waals surface area contributed by atoms with Crippen LogP contribution in [0.1, 0.15) is 10.4 Å². The van der Waals surface area contributed by atoms with Crippen LogP contribution in [0.25, 0.3) is 10.2 Å². The third kappa shape index (κ3) is 3.19. The minimum atomic E-state index is -0.518. The van der Waals surface area contributed by atoms with E-state index < -0.39 is 5.91 Å². The Balaban J connectivity index is 2.18. The molecule has 23 heavy (non-hydrogen) atoms. The van der Waals surface area contributed by atoms with E-state index in [9.17, 15) is 9.18 Å². The van der Waals surface area contributed by atoms with Crippen LogP contribution in [0, 0.1) is 18.2 Å². The second-order valence-corrected chi connectivity index (χ2v) is 7.74. The van der Waals surface area contributed by atoms with Crippen LogP contribution in [-0.2, 0) is 6.54 Å². The van der Waals surface area contributed by atoms with Gasteiger partial charge in [-0.15, -0.1) is 17.8 Å². The molecule has 0 saturated carbocycles. The zero-order valence-electron chi connectivity index (χ0n) is 11.3. The first-order valence-corrected chi connectivity index (χ1v) is 8.64. The number of nitrogens with zero attached hydrogens (tertiary/aromatic N) is 2. The van der Waals surface area contributed by atoms with Crippen LogP contribution >= 0.6 is 45.9 Å². The Morgan fingerprint density at radius 2 is 2.13 bits per heavy atom. The minimum absolute atomic E-state index is 0.218. The monoisotopic (exact) mass is 384 g/mol. The van der Waals surface area contributed by atoms with Gasteiger partial charge in [-0.3, -0.25) is 4.79 Å². The Bertz CT molecular complexity index is 1030. The highest BCUT2D eigenvalue weighted by atomic mass is 35.5. The fraction of sp³-hybridized carbons (Fsp3) is 0.0667. The maximum absolute atomic E-state index is 13.4. The molecule has 0 saturated heterocycles. The molecule has 0 unspecified atom stereocenters. The van der Waals surface area contributed by atoms with Gasteiger partial charge in [-0.1, -0.05) is 40.5 Å². The lowest BCUT2D eigenvalue weighted by molar-refractivity contribution is 0.0998. The second-order valence-electron chi connectivity index (χ2n) is 4.44. The van der Waals surface area contributed by atoms with Crippen molar-refractivity contribution < 1.29 is 9.18 Å². The van der Waals surface area contributed by atoms with E-state index in [1.807, 2.05) is 0 Å². The van der Waals surface area contributed by atoms with Crippen LogP contribution in [-0.4, -0.2) is 10.5 Å². The molecule has 2 heterocycles. The van der Waals surface area contributed by atoms with Crippen LogP contribution in [0.15, 0.2) is 29.3 Å². The number of benzene rings is 1. The Kier molecular flexibility index (Phi) is 4.55. The zero-order chi connectivity index (χ0) is 16.6. The Morgan fingerprint density at radius 1 is 1.35 bits per heavy atom. The molecule has 3 aromatic rings. The van der Waals surface area contributed by atoms with Crippen LogP contribution in [0.4, 0.5) is 4.39 Å². The number of aromatic nitrogens is 1. The molecule has 0 spiro atoms. The SMILES string of the molecule is C#CCn1c(=NC(=O)c2cc(Cl)sc2Cl)sc2cc(F)ccc21. The smallest absolute Gasteiger partial charge is 0.282 e. The Labute approximate surface area is 148 Å². The standard InChI is InChI=1S/C15H7Cl2FN2OS2/c1-2-5-20-10-4-3-8(18)6-11(10)22-15(20)19-14(21)9-7-12(16)23-13(9)17/h1,3-4,6-7H,5H2. The van der Waals surface area contributed by atoms with Crippen molar-refractivity contribution in [3.05, 3.63) is 49.1 Å². The van der Waals surface area contributed by atoms with Crippen molar-refractivity contribution in [2.75, 3.05) is 0 Å². The minimum Gasteiger partial charge on any atom is -0.305 e. The molecule has 8 heteroatoms. The number of hydrogen-bond acceptors (Lipinski definition) is 3. The summed E-state index contributed by atoms with van der Waals surface area (Å²) in [5, 5.41) is 0. The maximum atomic E-state index is 13.4. The average Bonchev–Trinajstić information content (AvgIpc) is 2.99. The quantitative estimate of drug-likeness (QED) is 0.595. The predicted octanol–water partition coefficient (Wildman–Crippen LogP) is 4.58. The van der Waals surface area contributed by atoms with E-state index in [1.54, 1.807) is 10.6 Å². The number of fused-ring (bicyclic) bond motifs is 1. The third-order valence-corrected chi connectivity index (χ3v) is 5.51. The van der Waals surface area contributed by atoms with Crippen molar-refractivity contribution in [1.82, 2.24) is 4.57 Å². The first-order chi connectivity index (χ1) is 11.0. The number of thiazole rings is 1. The summed E-state index contributed by atoms with van der Waals surface area (Å²) in [7, 11) is 0. The van der Waals surface area contributed by atoms with Gasteiger partial charge in [0.2, 0.25) is 0 Å². The van der Waals surface area contributed by atoms with Gasteiger partial charge in [0.05, 0.1) is 26.7 Å². The van der Waals surface area contributed by atoms with Crippen molar-refractivity contribution in [1.29, 1.82) is 0 Å². The number of hydrogen-bond donors (Lipinski definition) is 0. The normalized spacial score (nSPS) is 11.8. The highest BCUT2D eigenvalue weighted by Crippen LogP contribution is 2.31. The summed E-state index contributed by atoms with van der Waals surface area (Å²) in [5.41, 5.74) is 0.952. The molecule has 0 bridgehead atoms. The average molecular weight is 385 g/mol. The van der Waals surface area contributed by atoms with Crippen LogP contribution in [0.2, 0.25) is 8.67 Å². The first kappa shape index (κ1) is 16.2. The fourth-order valence-corrected chi connectivity index (χ4v) is 4.51. The summed E-state index contributed by atoms with van der Waals surface area (Å²) in [4.78, 5) is 16.8. The molecule has 2 aromatic heterocycles. The molecule has 0 fully saturated rings. The van der Waals surface area contributed by atoms with Crippen molar-refractivity contribution >= 4 is 62.0 Å². The molecule has 0 aliphatic carbocycles. The predicted molar refractivity (Wildman–Crippen MR) is 92.8 cm³/mol. The number of carbonyl (C=O) groups excluding carboxylic acids is 1. The molecule has 0 N–H and O–H groups in total. The molecular formula is C15H7Cl2FN2OS2. The largest absolute Gasteiger partial charge is 0.305 e. The highest BCUT2D eigenvalue weighted by Gasteiger charge is 2.15. The summed E-state index contributed by atoms with van der Waals surface area (Å²) in [6.45, 7) is 0.218. The third-order valence-electron chi connectivity index (χ3n) is 2.98. The molecule has 116 valence electrons. The molecule has 0 aliphatic rings. The number of halogens is 3. The zero-order valence-corrected chi connectivity index (χ0v) is 14.5. The van der Waals surface area contributed by atoms with Gasteiger partial charge in [0.25, 0.3) is 5.91 Å². The molecular weight excluding hydrogens is 378 g/mol. The molecule has 3 nitrogen and oxygen atoms in total. The van der Waals surface area contributed by atoms with Crippen molar-refractivity contribution in [3.63, 3.8) is 0 Å². The summed E-state index contributed by atoms with van der Waals surface area (Å²) in [5.74, 6) is 1.62. The maximum Gasteiger partial charge on any atom is 0.282 e. The molecule has 3 rings (SSSR count). The number of thiophene rings is 1. The summed E-state index contributed by atoms with van der Waals surface area (Å²) in [6.07, 6.45) is 5.38. The Morgan fingerprint density at radius 3 is 2.78 bits per heavy atom. The van der Waals surface area contributed by atoms with Crippen LogP contribution in [0.5, 0.6) is 0 Å². The van der Waals surface area contributed by atoms with Crippen LogP contribution < -0.4 is 4.80 Å². The van der Waals surface area contributed by atoms with Gasteiger partial charge in [-0.2, -0.15) is 4.99 Å². The van der Waals surface area contributed by atoms with E-state index in [4.69, 9.17) is 29.6 Å². The lowest BCUT2D eigenvalue weighted by Crippen LogP contribution is -2.16. The number of amides is 1. The van der Waals surface area contributed by atoms with E-state index >= 15 is 0 Å². The van der Waals surface area contributed by atoms with Gasteiger partial charge in [0.15, 0.2) is 4.80 Å². The van der Waals surface area contributed by atoms with E-state index in [0.29, 0.717) is 13.8 Å². The van der Waals surface area contributed by atoms with Crippen LogP contribution in [0.3, 0.4) is 0 Å². The second kappa shape index (κ2) is 6.46. The van der Waals surface area contributed by atoms with E-state index in [1.165, 1.54) is 29.5 Å². The lowest BCUT2D eigenvalue weighted by Gasteiger charge is -1.99. The molecule has 0 radical (unpaired) electrons. The van der Waals surface area contributed by atoms with Gasteiger partial charge in [0.1, 0.15) is 10.2 Å². The molecule has 0 atom stereocenters. The Hall–Kier alpha value is -1.65. The van der Waals surface area contributed by atoms with Gasteiger partial charge >= 0.3 is 0 Å². The van der Waals surface area contributed by atoms with Gasteiger partial charge in [-0.05, 0) is 24.3 Å². The number of terminal acetylenes is 1. The summed E-state index contributed by atoms with van der Waals surface area (Å²) in [6, 6.07) is 5.80. The van der Waals surface area contributed by atoms with E-state index in [0.717, 1.165) is 16.9 Å². The van der Waals surface area contributed by atoms with Crippen molar-refractivity contribution in [2.24, 2.45) is 4.99 Å². The first-order valence-electron chi connectivity index (χ1n) is 6.26. The van der Waals surface area contributed by atoms with E-state index in [-0.39, 0.29) is 22.3 Å². The molecule has 1 amide bonds. The number of carbonyl (C=O) groups is 1. The van der Waals surface area contributed by atoms with E-state index in [2.05, 4.69) is 10.9 Å². The highest BCUT2D eigenvalue weighted by molar-refractivity contribution is 7.20. The van der Waals surface area contributed by atoms with Gasteiger partial charge < -0.3 is 4.57 Å². The fourth-order valence-electron chi connectivity index (χ4n) is 2.01. The summed E-state index contributed by atoms with van der Waals surface area (Å²) >= 11 is 14.1. The molecule has 1 aromatic carbocycles. The lowest BCUT2D eigenvalue weighted by atomic mass is 10.3. The summed E-state index contributed by atoms with van der Waals surface area (Å²) < 4.78 is 16.4.